The third-order valence-electron chi connectivity index (χ3n) is 5.17. The molecule has 2 heterocycles. The van der Waals surface area contributed by atoms with Gasteiger partial charge in [0.1, 0.15) is 0 Å². The van der Waals surface area contributed by atoms with Crippen LogP contribution in [0.25, 0.3) is 0 Å². The van der Waals surface area contributed by atoms with Gasteiger partial charge in [0, 0.05) is 18.1 Å². The highest BCUT2D eigenvalue weighted by Gasteiger charge is 2.44. The Bertz CT molecular complexity index is 423. The summed E-state index contributed by atoms with van der Waals surface area (Å²) in [5, 5.41) is 3.70. The van der Waals surface area contributed by atoms with Crippen molar-refractivity contribution in [2.45, 2.75) is 63.5 Å². The van der Waals surface area contributed by atoms with Crippen molar-refractivity contribution in [1.82, 2.24) is 9.62 Å². The highest BCUT2D eigenvalue weighted by molar-refractivity contribution is 7.89. The van der Waals surface area contributed by atoms with Crippen molar-refractivity contribution < 1.29 is 8.42 Å². The Morgan fingerprint density at radius 2 is 1.95 bits per heavy atom. The van der Waals surface area contributed by atoms with Gasteiger partial charge in [-0.25, -0.2) is 8.42 Å². The van der Waals surface area contributed by atoms with E-state index >= 15 is 0 Å². The van der Waals surface area contributed by atoms with E-state index in [1.807, 2.05) is 4.31 Å². The molecule has 2 atom stereocenters. The van der Waals surface area contributed by atoms with Crippen LogP contribution in [-0.2, 0) is 10.0 Å². The van der Waals surface area contributed by atoms with Crippen LogP contribution in [0.15, 0.2) is 0 Å². The molecule has 0 amide bonds. The predicted octanol–water partition coefficient (Wildman–Crippen LogP) is 1.72. The molecule has 110 valence electrons. The van der Waals surface area contributed by atoms with E-state index in [0.717, 1.165) is 25.9 Å². The van der Waals surface area contributed by atoms with Crippen LogP contribution in [0.5, 0.6) is 0 Å². The molecule has 0 aromatic heterocycles. The van der Waals surface area contributed by atoms with Crippen molar-refractivity contribution in [3.05, 3.63) is 0 Å². The maximum absolute atomic E-state index is 12.2. The fourth-order valence-electron chi connectivity index (χ4n) is 4.29. The van der Waals surface area contributed by atoms with E-state index in [2.05, 4.69) is 12.2 Å². The molecule has 1 aliphatic carbocycles. The van der Waals surface area contributed by atoms with Gasteiger partial charge in [0.05, 0.1) is 5.75 Å². The first-order chi connectivity index (χ1) is 9.01. The minimum absolute atomic E-state index is 0.239. The summed E-state index contributed by atoms with van der Waals surface area (Å²) < 4.78 is 26.3. The molecule has 2 aliphatic heterocycles. The van der Waals surface area contributed by atoms with E-state index < -0.39 is 10.0 Å². The van der Waals surface area contributed by atoms with Gasteiger partial charge >= 0.3 is 0 Å². The maximum atomic E-state index is 12.2. The van der Waals surface area contributed by atoms with Crippen molar-refractivity contribution in [2.24, 2.45) is 5.92 Å². The molecule has 0 aromatic carbocycles. The third kappa shape index (κ3) is 2.69. The Kier molecular flexibility index (Phi) is 3.65. The monoisotopic (exact) mass is 286 g/mol. The molecule has 0 bridgehead atoms. The molecule has 1 N–H and O–H groups in total. The van der Waals surface area contributed by atoms with Crippen LogP contribution in [0.2, 0.25) is 0 Å². The Balaban J connectivity index is 1.75. The summed E-state index contributed by atoms with van der Waals surface area (Å²) in [5.74, 6) is 0.645. The van der Waals surface area contributed by atoms with Crippen LogP contribution < -0.4 is 5.32 Å². The smallest absolute Gasteiger partial charge is 0.214 e. The van der Waals surface area contributed by atoms with Gasteiger partial charge in [-0.3, -0.25) is 0 Å². The average Bonchev–Trinajstić information content (AvgIpc) is 2.63. The van der Waals surface area contributed by atoms with Crippen molar-refractivity contribution in [1.29, 1.82) is 0 Å². The maximum Gasteiger partial charge on any atom is 0.214 e. The van der Waals surface area contributed by atoms with Crippen LogP contribution in [0, 0.1) is 5.92 Å². The average molecular weight is 286 g/mol. The van der Waals surface area contributed by atoms with Gasteiger partial charge in [-0.05, 0) is 38.1 Å². The molecule has 2 unspecified atom stereocenters. The number of sulfonamides is 1. The quantitative estimate of drug-likeness (QED) is 0.798. The SMILES string of the molecule is CC1CN(C2CCNC3(CCCCC3)C2)S(=O)(=O)C1. The highest BCUT2D eigenvalue weighted by Crippen LogP contribution is 2.38. The van der Waals surface area contributed by atoms with Crippen LogP contribution in [0.1, 0.15) is 51.9 Å². The van der Waals surface area contributed by atoms with Crippen molar-refractivity contribution in [2.75, 3.05) is 18.8 Å². The van der Waals surface area contributed by atoms with E-state index in [1.54, 1.807) is 0 Å². The van der Waals surface area contributed by atoms with Crippen molar-refractivity contribution in [3.63, 3.8) is 0 Å². The normalized spacial score (nSPS) is 38.6. The van der Waals surface area contributed by atoms with E-state index in [0.29, 0.717) is 11.7 Å². The van der Waals surface area contributed by atoms with Gasteiger partial charge in [0.2, 0.25) is 10.0 Å². The first kappa shape index (κ1) is 13.8. The van der Waals surface area contributed by atoms with E-state index in [9.17, 15) is 8.42 Å². The summed E-state index contributed by atoms with van der Waals surface area (Å²) in [5.41, 5.74) is 0.239. The second kappa shape index (κ2) is 5.01. The summed E-state index contributed by atoms with van der Waals surface area (Å²) in [7, 11) is -2.99. The van der Waals surface area contributed by atoms with E-state index in [4.69, 9.17) is 0 Å². The van der Waals surface area contributed by atoms with Gasteiger partial charge in [0.15, 0.2) is 0 Å². The second-order valence-corrected chi connectivity index (χ2v) is 8.83. The lowest BCUT2D eigenvalue weighted by atomic mass is 9.75. The molecule has 3 aliphatic rings. The molecule has 1 spiro atoms. The zero-order valence-electron chi connectivity index (χ0n) is 11.9. The number of nitrogens with zero attached hydrogens (tertiary/aromatic N) is 1. The molecular weight excluding hydrogens is 260 g/mol. The van der Waals surface area contributed by atoms with Gasteiger partial charge in [-0.2, -0.15) is 4.31 Å². The molecule has 3 fully saturated rings. The van der Waals surface area contributed by atoms with Crippen molar-refractivity contribution in [3.8, 4) is 0 Å². The van der Waals surface area contributed by atoms with Crippen LogP contribution in [0.3, 0.4) is 0 Å². The second-order valence-electron chi connectivity index (χ2n) is 6.87. The third-order valence-corrected chi connectivity index (χ3v) is 7.32. The summed E-state index contributed by atoms with van der Waals surface area (Å²) in [4.78, 5) is 0. The van der Waals surface area contributed by atoms with E-state index in [-0.39, 0.29) is 11.6 Å². The van der Waals surface area contributed by atoms with E-state index in [1.165, 1.54) is 32.1 Å². The Morgan fingerprint density at radius 3 is 2.58 bits per heavy atom. The van der Waals surface area contributed by atoms with Crippen molar-refractivity contribution >= 4 is 10.0 Å². The minimum Gasteiger partial charge on any atom is -0.311 e. The Morgan fingerprint density at radius 1 is 1.21 bits per heavy atom. The van der Waals surface area contributed by atoms with Crippen LogP contribution in [-0.4, -0.2) is 43.1 Å². The summed E-state index contributed by atoms with van der Waals surface area (Å²) in [6.45, 7) is 3.77. The molecule has 0 aromatic rings. The number of rotatable bonds is 1. The Hall–Kier alpha value is -0.130. The van der Waals surface area contributed by atoms with Gasteiger partial charge in [0.25, 0.3) is 0 Å². The lowest BCUT2D eigenvalue weighted by Gasteiger charge is -2.46. The largest absolute Gasteiger partial charge is 0.311 e. The summed E-state index contributed by atoms with van der Waals surface area (Å²) in [6.07, 6.45) is 8.39. The number of hydrogen-bond donors (Lipinski definition) is 1. The molecule has 3 rings (SSSR count). The molecule has 1 saturated carbocycles. The first-order valence-corrected chi connectivity index (χ1v) is 9.36. The van der Waals surface area contributed by atoms with Gasteiger partial charge in [-0.1, -0.05) is 26.2 Å². The lowest BCUT2D eigenvalue weighted by molar-refractivity contribution is 0.125. The Labute approximate surface area is 117 Å². The molecule has 5 heteroatoms. The zero-order valence-corrected chi connectivity index (χ0v) is 12.7. The highest BCUT2D eigenvalue weighted by atomic mass is 32.2. The number of piperidine rings is 1. The number of nitrogens with one attached hydrogen (secondary N) is 1. The van der Waals surface area contributed by atoms with Gasteiger partial charge in [-0.15, -0.1) is 0 Å². The summed E-state index contributed by atoms with van der Waals surface area (Å²) >= 11 is 0. The number of hydrogen-bond acceptors (Lipinski definition) is 3. The summed E-state index contributed by atoms with van der Waals surface area (Å²) in [6, 6.07) is 0.245. The molecule has 4 nitrogen and oxygen atoms in total. The predicted molar refractivity (Wildman–Crippen MR) is 76.5 cm³/mol. The first-order valence-electron chi connectivity index (χ1n) is 7.75. The molecule has 2 saturated heterocycles. The van der Waals surface area contributed by atoms with Crippen LogP contribution >= 0.6 is 0 Å². The van der Waals surface area contributed by atoms with Crippen LogP contribution in [0.4, 0.5) is 0 Å². The molecular formula is C14H26N2O2S. The standard InChI is InChI=1S/C14H26N2O2S/c1-12-10-16(19(17,18)11-12)13-5-8-15-14(9-13)6-3-2-4-7-14/h12-13,15H,2-11H2,1H3. The minimum atomic E-state index is -2.99. The fraction of sp³-hybridized carbons (Fsp3) is 1.00. The lowest BCUT2D eigenvalue weighted by Crippen LogP contribution is -2.57. The van der Waals surface area contributed by atoms with Gasteiger partial charge < -0.3 is 5.32 Å². The molecule has 0 radical (unpaired) electrons. The topological polar surface area (TPSA) is 49.4 Å². The zero-order chi connectivity index (χ0) is 13.5. The fourth-order valence-corrected chi connectivity index (χ4v) is 6.42. The molecule has 19 heavy (non-hydrogen) atoms.